The van der Waals surface area contributed by atoms with Crippen molar-refractivity contribution in [2.24, 2.45) is 0 Å². The van der Waals surface area contributed by atoms with E-state index in [1.54, 1.807) is 0 Å². The van der Waals surface area contributed by atoms with Gasteiger partial charge in [-0.15, -0.1) is 0 Å². The van der Waals surface area contributed by atoms with Gasteiger partial charge in [0.25, 0.3) is 0 Å². The summed E-state index contributed by atoms with van der Waals surface area (Å²) in [5.41, 5.74) is -3.88. The molecule has 1 rings (SSSR count). The monoisotopic (exact) mass is 282 g/mol. The molecule has 14 heavy (non-hydrogen) atoms. The summed E-state index contributed by atoms with van der Waals surface area (Å²) in [7, 11) is 0. The molecule has 1 N–H and O–H groups in total. The van der Waals surface area contributed by atoms with Gasteiger partial charge in [-0.2, -0.15) is 26.3 Å². The van der Waals surface area contributed by atoms with Crippen molar-refractivity contribution in [2.45, 2.75) is 12.4 Å². The van der Waals surface area contributed by atoms with Crippen LogP contribution in [0.1, 0.15) is 11.4 Å². The summed E-state index contributed by atoms with van der Waals surface area (Å²) >= 11 is 2.40. The molecule has 0 aliphatic rings. The molecule has 0 aromatic carbocycles. The molecule has 9 heteroatoms. The fraction of sp³-hybridized carbons (Fsp3) is 0.400. The zero-order chi connectivity index (χ0) is 11.1. The highest BCUT2D eigenvalue weighted by atomic mass is 79.9. The van der Waals surface area contributed by atoms with Gasteiger partial charge in [0.1, 0.15) is 0 Å². The Morgan fingerprint density at radius 1 is 1.00 bits per heavy atom. The molecule has 0 spiro atoms. The molecule has 1 aromatic rings. The fourth-order valence-electron chi connectivity index (χ4n) is 0.755. The van der Waals surface area contributed by atoms with E-state index in [4.69, 9.17) is 0 Å². The summed E-state index contributed by atoms with van der Waals surface area (Å²) in [4.78, 5) is 4.12. The van der Waals surface area contributed by atoms with Crippen LogP contribution in [0, 0.1) is 0 Å². The lowest BCUT2D eigenvalue weighted by atomic mass is 10.3. The Hall–Kier alpha value is -0.730. The molecule has 1 aromatic heterocycles. The minimum absolute atomic E-state index is 0.614. The molecule has 0 saturated heterocycles. The molecule has 0 radical (unpaired) electrons. The second-order valence-electron chi connectivity index (χ2n) is 2.25. The average molecular weight is 283 g/mol. The maximum absolute atomic E-state index is 12.0. The number of alkyl halides is 6. The zero-order valence-corrected chi connectivity index (χ0v) is 7.68. The number of hydrogen-bond donors (Lipinski definition) is 1. The number of halogens is 7. The number of rotatable bonds is 0. The lowest BCUT2D eigenvalue weighted by Crippen LogP contribution is -2.16. The molecule has 0 fully saturated rings. The molecule has 0 unspecified atom stereocenters. The van der Waals surface area contributed by atoms with Gasteiger partial charge in [-0.25, -0.2) is 4.98 Å². The van der Waals surface area contributed by atoms with Crippen LogP contribution in [0.5, 0.6) is 0 Å². The summed E-state index contributed by atoms with van der Waals surface area (Å²) in [6.45, 7) is 0. The lowest BCUT2D eigenvalue weighted by Gasteiger charge is -2.08. The van der Waals surface area contributed by atoms with Crippen molar-refractivity contribution in [2.75, 3.05) is 0 Å². The van der Waals surface area contributed by atoms with Crippen LogP contribution < -0.4 is 0 Å². The second kappa shape index (κ2) is 3.14. The first-order valence-corrected chi connectivity index (χ1v) is 3.81. The number of hydrogen-bond acceptors (Lipinski definition) is 1. The van der Waals surface area contributed by atoms with E-state index in [2.05, 4.69) is 20.9 Å². The largest absolute Gasteiger partial charge is 0.435 e. The Morgan fingerprint density at radius 3 is 1.79 bits per heavy atom. The van der Waals surface area contributed by atoms with E-state index in [0.29, 0.717) is 0 Å². The van der Waals surface area contributed by atoms with Crippen LogP contribution in [0.15, 0.2) is 4.73 Å². The second-order valence-corrected chi connectivity index (χ2v) is 3.00. The van der Waals surface area contributed by atoms with Gasteiger partial charge in [0.05, 0.1) is 0 Å². The zero-order valence-electron chi connectivity index (χ0n) is 6.09. The van der Waals surface area contributed by atoms with Crippen LogP contribution in [0.25, 0.3) is 0 Å². The van der Waals surface area contributed by atoms with Crippen molar-refractivity contribution in [3.05, 3.63) is 16.1 Å². The van der Waals surface area contributed by atoms with Gasteiger partial charge < -0.3 is 4.98 Å². The molecule has 0 amide bonds. The molecule has 0 bridgehead atoms. The highest BCUT2D eigenvalue weighted by molar-refractivity contribution is 9.10. The van der Waals surface area contributed by atoms with E-state index in [1.165, 1.54) is 4.98 Å². The molecular formula is C5HBrF6N2. The number of aromatic amines is 1. The van der Waals surface area contributed by atoms with Crippen LogP contribution in [0.2, 0.25) is 0 Å². The van der Waals surface area contributed by atoms with Crippen molar-refractivity contribution in [1.29, 1.82) is 0 Å². The van der Waals surface area contributed by atoms with Gasteiger partial charge in [0, 0.05) is 0 Å². The molecule has 1 heterocycles. The Balaban J connectivity index is 3.31. The van der Waals surface area contributed by atoms with Crippen LogP contribution in [-0.4, -0.2) is 9.97 Å². The smallest absolute Gasteiger partial charge is 0.328 e. The third kappa shape index (κ3) is 2.20. The maximum Gasteiger partial charge on any atom is 0.435 e. The summed E-state index contributed by atoms with van der Waals surface area (Å²) in [6.07, 6.45) is -10.2. The summed E-state index contributed by atoms with van der Waals surface area (Å²) in [6, 6.07) is 0. The van der Waals surface area contributed by atoms with Crippen LogP contribution in [-0.2, 0) is 12.4 Å². The van der Waals surface area contributed by atoms with E-state index in [1.807, 2.05) is 0 Å². The van der Waals surface area contributed by atoms with E-state index in [0.717, 1.165) is 0 Å². The Bertz CT molecular complexity index is 305. The summed E-state index contributed by atoms with van der Waals surface area (Å²) in [5.74, 6) is 0. The Morgan fingerprint density at radius 2 is 1.50 bits per heavy atom. The number of nitrogens with one attached hydrogen (secondary N) is 1. The van der Waals surface area contributed by atoms with Crippen molar-refractivity contribution in [3.63, 3.8) is 0 Å². The van der Waals surface area contributed by atoms with Gasteiger partial charge in [0.2, 0.25) is 0 Å². The minimum atomic E-state index is -5.13. The lowest BCUT2D eigenvalue weighted by molar-refractivity contribution is -0.165. The quantitative estimate of drug-likeness (QED) is 0.728. The number of nitrogens with zero attached hydrogens (tertiary/aromatic N) is 1. The molecule has 2 nitrogen and oxygen atoms in total. The summed E-state index contributed by atoms with van der Waals surface area (Å²) < 4.78 is 71.4. The molecule has 80 valence electrons. The SMILES string of the molecule is FC(F)(F)c1nc(Br)[nH]c1C(F)(F)F. The first-order valence-electron chi connectivity index (χ1n) is 3.02. The topological polar surface area (TPSA) is 28.7 Å². The van der Waals surface area contributed by atoms with E-state index < -0.39 is 28.5 Å². The first kappa shape index (κ1) is 11.3. The molecule has 0 aliphatic carbocycles. The predicted octanol–water partition coefficient (Wildman–Crippen LogP) is 3.21. The molecule has 0 aliphatic heterocycles. The normalized spacial score (nSPS) is 13.4. The van der Waals surface area contributed by atoms with Gasteiger partial charge >= 0.3 is 12.4 Å². The molecule has 0 atom stereocenters. The van der Waals surface area contributed by atoms with E-state index >= 15 is 0 Å². The Kier molecular flexibility index (Phi) is 2.55. The van der Waals surface area contributed by atoms with E-state index in [9.17, 15) is 26.3 Å². The van der Waals surface area contributed by atoms with Crippen molar-refractivity contribution < 1.29 is 26.3 Å². The van der Waals surface area contributed by atoms with Crippen LogP contribution >= 0.6 is 15.9 Å². The van der Waals surface area contributed by atoms with E-state index in [-0.39, 0.29) is 0 Å². The number of H-pyrrole nitrogens is 1. The van der Waals surface area contributed by atoms with Crippen molar-refractivity contribution >= 4 is 15.9 Å². The number of aromatic nitrogens is 2. The maximum atomic E-state index is 12.0. The van der Waals surface area contributed by atoms with Crippen molar-refractivity contribution in [3.8, 4) is 0 Å². The average Bonchev–Trinajstić information content (AvgIpc) is 2.27. The summed E-state index contributed by atoms with van der Waals surface area (Å²) in [5, 5.41) is 0. The van der Waals surface area contributed by atoms with Gasteiger partial charge in [-0.05, 0) is 15.9 Å². The minimum Gasteiger partial charge on any atom is -0.328 e. The fourth-order valence-corrected chi connectivity index (χ4v) is 1.13. The standard InChI is InChI=1S/C5HBrF6N2/c6-3-13-1(4(7,8)9)2(14-3)5(10,11)12/h(H,13,14). The molecular weight excluding hydrogens is 282 g/mol. The van der Waals surface area contributed by atoms with Crippen molar-refractivity contribution in [1.82, 2.24) is 9.97 Å². The highest BCUT2D eigenvalue weighted by Gasteiger charge is 2.46. The van der Waals surface area contributed by atoms with Gasteiger partial charge in [-0.3, -0.25) is 0 Å². The molecule has 0 saturated carbocycles. The van der Waals surface area contributed by atoms with Crippen LogP contribution in [0.3, 0.4) is 0 Å². The van der Waals surface area contributed by atoms with Gasteiger partial charge in [-0.1, -0.05) is 0 Å². The first-order chi connectivity index (χ1) is 6.12. The highest BCUT2D eigenvalue weighted by Crippen LogP contribution is 2.39. The number of imidazole rings is 1. The predicted molar refractivity (Wildman–Crippen MR) is 36.3 cm³/mol. The Labute approximate surface area is 81.5 Å². The third-order valence-corrected chi connectivity index (χ3v) is 1.60. The third-order valence-electron chi connectivity index (χ3n) is 1.23. The van der Waals surface area contributed by atoms with Gasteiger partial charge in [0.15, 0.2) is 16.1 Å². The van der Waals surface area contributed by atoms with Crippen LogP contribution in [0.4, 0.5) is 26.3 Å².